The minimum atomic E-state index is 0.462. The van der Waals surface area contributed by atoms with Crippen molar-refractivity contribution >= 4 is 23.2 Å². The van der Waals surface area contributed by atoms with Gasteiger partial charge in [0.15, 0.2) is 0 Å². The zero-order chi connectivity index (χ0) is 14.7. The van der Waals surface area contributed by atoms with E-state index in [4.69, 9.17) is 27.9 Å². The number of hydrogen-bond donors (Lipinski definition) is 1. The Morgan fingerprint density at radius 2 is 1.90 bits per heavy atom. The first kappa shape index (κ1) is 15.1. The minimum Gasteiger partial charge on any atom is -0.439 e. The first-order chi connectivity index (χ1) is 9.51. The smallest absolute Gasteiger partial charge is 0.224 e. The summed E-state index contributed by atoms with van der Waals surface area (Å²) >= 11 is 11.9. The van der Waals surface area contributed by atoms with E-state index in [2.05, 4.69) is 10.3 Å². The van der Waals surface area contributed by atoms with Crippen molar-refractivity contribution in [3.8, 4) is 11.6 Å². The molecule has 5 heteroatoms. The summed E-state index contributed by atoms with van der Waals surface area (Å²) in [6.07, 6.45) is 0. The molecule has 0 fully saturated rings. The van der Waals surface area contributed by atoms with Crippen molar-refractivity contribution in [3.63, 3.8) is 0 Å². The van der Waals surface area contributed by atoms with Crippen molar-refractivity contribution in [2.75, 3.05) is 7.05 Å². The largest absolute Gasteiger partial charge is 0.439 e. The van der Waals surface area contributed by atoms with Gasteiger partial charge in [-0.05, 0) is 44.7 Å². The van der Waals surface area contributed by atoms with E-state index >= 15 is 0 Å². The molecule has 3 nitrogen and oxygen atoms in total. The summed E-state index contributed by atoms with van der Waals surface area (Å²) in [6.45, 7) is 4.68. The quantitative estimate of drug-likeness (QED) is 0.901. The molecule has 0 unspecified atom stereocenters. The van der Waals surface area contributed by atoms with Crippen molar-refractivity contribution in [2.24, 2.45) is 0 Å². The molecule has 0 aliphatic heterocycles. The van der Waals surface area contributed by atoms with Gasteiger partial charge in [0.2, 0.25) is 5.88 Å². The van der Waals surface area contributed by atoms with Gasteiger partial charge in [0.1, 0.15) is 5.75 Å². The van der Waals surface area contributed by atoms with Gasteiger partial charge < -0.3 is 10.1 Å². The van der Waals surface area contributed by atoms with Crippen LogP contribution in [0.15, 0.2) is 24.3 Å². The summed E-state index contributed by atoms with van der Waals surface area (Å²) in [5.41, 5.74) is 3.09. The molecule has 0 aliphatic rings. The van der Waals surface area contributed by atoms with Crippen LogP contribution in [-0.4, -0.2) is 12.0 Å². The molecule has 0 radical (unpaired) electrons. The Morgan fingerprint density at radius 1 is 1.15 bits per heavy atom. The van der Waals surface area contributed by atoms with Crippen LogP contribution < -0.4 is 10.1 Å². The van der Waals surface area contributed by atoms with Crippen molar-refractivity contribution < 1.29 is 4.74 Å². The fraction of sp³-hybridized carbons (Fsp3) is 0.267. The van der Waals surface area contributed by atoms with Gasteiger partial charge in [0.25, 0.3) is 0 Å². The fourth-order valence-electron chi connectivity index (χ4n) is 1.96. The maximum absolute atomic E-state index is 6.00. The Labute approximate surface area is 128 Å². The SMILES string of the molecule is CNCc1c(C)cc(C)nc1Oc1ccc(Cl)c(Cl)c1. The van der Waals surface area contributed by atoms with Crippen LogP contribution in [0.3, 0.4) is 0 Å². The summed E-state index contributed by atoms with van der Waals surface area (Å²) in [4.78, 5) is 4.46. The second-order valence-electron chi connectivity index (χ2n) is 4.57. The van der Waals surface area contributed by atoms with Crippen LogP contribution in [0.4, 0.5) is 0 Å². The average molecular weight is 311 g/mol. The molecule has 20 heavy (non-hydrogen) atoms. The van der Waals surface area contributed by atoms with Crippen LogP contribution in [0.2, 0.25) is 10.0 Å². The van der Waals surface area contributed by atoms with E-state index in [1.54, 1.807) is 18.2 Å². The number of aromatic nitrogens is 1. The van der Waals surface area contributed by atoms with Crippen LogP contribution in [0.1, 0.15) is 16.8 Å². The molecule has 1 aromatic heterocycles. The molecule has 0 saturated heterocycles. The van der Waals surface area contributed by atoms with Crippen LogP contribution >= 0.6 is 23.2 Å². The number of aryl methyl sites for hydroxylation is 2. The number of halogens is 2. The summed E-state index contributed by atoms with van der Waals surface area (Å²) in [5.74, 6) is 1.21. The molecule has 2 rings (SSSR count). The standard InChI is InChI=1S/C15H16Cl2N2O/c1-9-6-10(2)19-15(12(9)8-18-3)20-11-4-5-13(16)14(17)7-11/h4-7,18H,8H2,1-3H3. The molecule has 0 saturated carbocycles. The third-order valence-electron chi connectivity index (χ3n) is 2.90. The van der Waals surface area contributed by atoms with Crippen LogP contribution in [0, 0.1) is 13.8 Å². The van der Waals surface area contributed by atoms with E-state index < -0.39 is 0 Å². The maximum atomic E-state index is 6.00. The lowest BCUT2D eigenvalue weighted by molar-refractivity contribution is 0.452. The molecule has 1 N–H and O–H groups in total. The number of benzene rings is 1. The normalized spacial score (nSPS) is 10.7. The van der Waals surface area contributed by atoms with Gasteiger partial charge in [-0.1, -0.05) is 23.2 Å². The number of ether oxygens (including phenoxy) is 1. The highest BCUT2D eigenvalue weighted by molar-refractivity contribution is 6.42. The Kier molecular flexibility index (Phi) is 4.86. The lowest BCUT2D eigenvalue weighted by atomic mass is 10.1. The Bertz CT molecular complexity index is 630. The summed E-state index contributed by atoms with van der Waals surface area (Å²) in [7, 11) is 1.89. The van der Waals surface area contributed by atoms with Gasteiger partial charge in [-0.2, -0.15) is 0 Å². The van der Waals surface area contributed by atoms with Gasteiger partial charge in [-0.3, -0.25) is 0 Å². The summed E-state index contributed by atoms with van der Waals surface area (Å²) < 4.78 is 5.87. The molecule has 106 valence electrons. The van der Waals surface area contributed by atoms with E-state index in [-0.39, 0.29) is 0 Å². The molecule has 0 bridgehead atoms. The van der Waals surface area contributed by atoms with Gasteiger partial charge >= 0.3 is 0 Å². The van der Waals surface area contributed by atoms with E-state index in [0.717, 1.165) is 16.8 Å². The molecule has 2 aromatic rings. The van der Waals surface area contributed by atoms with Gasteiger partial charge in [0, 0.05) is 23.9 Å². The van der Waals surface area contributed by atoms with Crippen LogP contribution in [0.5, 0.6) is 11.6 Å². The Hall–Kier alpha value is -1.29. The molecule has 1 aromatic carbocycles. The van der Waals surface area contributed by atoms with Crippen LogP contribution in [0.25, 0.3) is 0 Å². The van der Waals surface area contributed by atoms with Crippen molar-refractivity contribution in [1.29, 1.82) is 0 Å². The fourth-order valence-corrected chi connectivity index (χ4v) is 2.25. The number of rotatable bonds is 4. The molecular weight excluding hydrogens is 295 g/mol. The predicted molar refractivity (Wildman–Crippen MR) is 83.0 cm³/mol. The van der Waals surface area contributed by atoms with Crippen molar-refractivity contribution in [1.82, 2.24) is 10.3 Å². The lowest BCUT2D eigenvalue weighted by Crippen LogP contribution is -2.09. The van der Waals surface area contributed by atoms with E-state index in [9.17, 15) is 0 Å². The van der Waals surface area contributed by atoms with E-state index in [1.165, 1.54) is 0 Å². The molecule has 0 amide bonds. The van der Waals surface area contributed by atoms with Crippen molar-refractivity contribution in [3.05, 3.63) is 51.1 Å². The zero-order valence-corrected chi connectivity index (χ0v) is 13.1. The van der Waals surface area contributed by atoms with E-state index in [1.807, 2.05) is 27.0 Å². The Morgan fingerprint density at radius 3 is 2.55 bits per heavy atom. The molecule has 1 heterocycles. The summed E-state index contributed by atoms with van der Waals surface area (Å²) in [6, 6.07) is 7.21. The topological polar surface area (TPSA) is 34.2 Å². The highest BCUT2D eigenvalue weighted by atomic mass is 35.5. The highest BCUT2D eigenvalue weighted by Crippen LogP contribution is 2.31. The van der Waals surface area contributed by atoms with Gasteiger partial charge in [-0.15, -0.1) is 0 Å². The molecule has 0 aliphatic carbocycles. The minimum absolute atomic E-state index is 0.462. The van der Waals surface area contributed by atoms with Crippen molar-refractivity contribution in [2.45, 2.75) is 20.4 Å². The first-order valence-corrected chi connectivity index (χ1v) is 7.01. The average Bonchev–Trinajstić information content (AvgIpc) is 2.38. The third kappa shape index (κ3) is 3.42. The number of nitrogens with zero attached hydrogens (tertiary/aromatic N) is 1. The number of hydrogen-bond acceptors (Lipinski definition) is 3. The van der Waals surface area contributed by atoms with Gasteiger partial charge in [0.05, 0.1) is 10.0 Å². The number of nitrogens with one attached hydrogen (secondary N) is 1. The monoisotopic (exact) mass is 310 g/mol. The van der Waals surface area contributed by atoms with Gasteiger partial charge in [-0.25, -0.2) is 4.98 Å². The lowest BCUT2D eigenvalue weighted by Gasteiger charge is -2.14. The first-order valence-electron chi connectivity index (χ1n) is 6.26. The third-order valence-corrected chi connectivity index (χ3v) is 3.64. The number of pyridine rings is 1. The molecule has 0 spiro atoms. The second-order valence-corrected chi connectivity index (χ2v) is 5.39. The predicted octanol–water partition coefficient (Wildman–Crippen LogP) is 4.52. The Balaban J connectivity index is 2.38. The molecule has 0 atom stereocenters. The zero-order valence-electron chi connectivity index (χ0n) is 11.6. The van der Waals surface area contributed by atoms with Crippen LogP contribution in [-0.2, 0) is 6.54 Å². The summed E-state index contributed by atoms with van der Waals surface area (Å²) in [5, 5.41) is 4.09. The van der Waals surface area contributed by atoms with E-state index in [0.29, 0.717) is 28.2 Å². The molecular formula is C15H16Cl2N2O. The highest BCUT2D eigenvalue weighted by Gasteiger charge is 2.11. The second kappa shape index (κ2) is 6.44. The maximum Gasteiger partial charge on any atom is 0.224 e.